The molecule has 3 aromatic rings. The third kappa shape index (κ3) is 2.15. The van der Waals surface area contributed by atoms with Crippen molar-refractivity contribution in [2.45, 2.75) is 6.92 Å². The molecule has 0 amide bonds. The number of hydrogen-bond acceptors (Lipinski definition) is 1. The van der Waals surface area contributed by atoms with E-state index in [9.17, 15) is 18.0 Å². The summed E-state index contributed by atoms with van der Waals surface area (Å²) in [4.78, 5) is 14.5. The molecule has 3 nitrogen and oxygen atoms in total. The SMILES string of the molecule is Cc1cc(F)c(F)c2c1[nH]c(=O)n2-c1ccc(I)cc1F. The van der Waals surface area contributed by atoms with Crippen LogP contribution in [-0.4, -0.2) is 9.55 Å². The molecule has 21 heavy (non-hydrogen) atoms. The first-order chi connectivity index (χ1) is 9.90. The van der Waals surface area contributed by atoms with Crippen molar-refractivity contribution in [3.8, 4) is 5.69 Å². The largest absolute Gasteiger partial charge is 0.331 e. The number of benzene rings is 2. The summed E-state index contributed by atoms with van der Waals surface area (Å²) in [5, 5.41) is 0. The van der Waals surface area contributed by atoms with Crippen molar-refractivity contribution in [3.05, 3.63) is 61.3 Å². The Morgan fingerprint density at radius 2 is 1.86 bits per heavy atom. The predicted octanol–water partition coefficient (Wildman–Crippen LogP) is 3.65. The van der Waals surface area contributed by atoms with Crippen LogP contribution in [0.2, 0.25) is 0 Å². The quantitative estimate of drug-likeness (QED) is 0.618. The second-order valence-electron chi connectivity index (χ2n) is 4.57. The highest BCUT2D eigenvalue weighted by Crippen LogP contribution is 2.25. The van der Waals surface area contributed by atoms with Crippen LogP contribution in [0.25, 0.3) is 16.7 Å². The zero-order valence-electron chi connectivity index (χ0n) is 10.7. The van der Waals surface area contributed by atoms with Crippen molar-refractivity contribution in [1.29, 1.82) is 0 Å². The van der Waals surface area contributed by atoms with Gasteiger partial charge < -0.3 is 4.98 Å². The van der Waals surface area contributed by atoms with Gasteiger partial charge in [0.15, 0.2) is 11.6 Å². The molecule has 0 fully saturated rings. The van der Waals surface area contributed by atoms with Gasteiger partial charge in [0.05, 0.1) is 11.2 Å². The standard InChI is InChI=1S/C14H8F3IN2O/c1-6-4-9(16)11(17)13-12(6)19-14(21)20(13)10-3-2-7(18)5-8(10)15/h2-5H,1H3,(H,19,21). The van der Waals surface area contributed by atoms with Crippen LogP contribution in [0.4, 0.5) is 13.2 Å². The summed E-state index contributed by atoms with van der Waals surface area (Å²) < 4.78 is 43.2. The van der Waals surface area contributed by atoms with Crippen LogP contribution in [0, 0.1) is 27.9 Å². The Kier molecular flexibility index (Phi) is 3.31. The summed E-state index contributed by atoms with van der Waals surface area (Å²) in [5.41, 5.74) is -0.631. The van der Waals surface area contributed by atoms with E-state index in [-0.39, 0.29) is 16.7 Å². The van der Waals surface area contributed by atoms with Crippen LogP contribution < -0.4 is 5.69 Å². The third-order valence-corrected chi connectivity index (χ3v) is 3.87. The lowest BCUT2D eigenvalue weighted by Gasteiger charge is -2.07. The van der Waals surface area contributed by atoms with Crippen LogP contribution in [0.3, 0.4) is 0 Å². The number of aromatic amines is 1. The number of fused-ring (bicyclic) bond motifs is 1. The Hall–Kier alpha value is -1.77. The van der Waals surface area contributed by atoms with Crippen molar-refractivity contribution >= 4 is 33.6 Å². The molecule has 0 bridgehead atoms. The van der Waals surface area contributed by atoms with Gasteiger partial charge in [-0.3, -0.25) is 4.57 Å². The number of aryl methyl sites for hydroxylation is 1. The monoisotopic (exact) mass is 404 g/mol. The predicted molar refractivity (Wildman–Crippen MR) is 81.2 cm³/mol. The van der Waals surface area contributed by atoms with Crippen molar-refractivity contribution in [3.63, 3.8) is 0 Å². The van der Waals surface area contributed by atoms with Gasteiger partial charge in [0.1, 0.15) is 11.3 Å². The van der Waals surface area contributed by atoms with E-state index in [1.165, 1.54) is 19.1 Å². The number of hydrogen-bond donors (Lipinski definition) is 1. The highest BCUT2D eigenvalue weighted by Gasteiger charge is 2.20. The summed E-state index contributed by atoms with van der Waals surface area (Å²) in [5.74, 6) is -2.96. The smallest absolute Gasteiger partial charge is 0.305 e. The number of imidazole rings is 1. The van der Waals surface area contributed by atoms with Gasteiger partial charge >= 0.3 is 5.69 Å². The third-order valence-electron chi connectivity index (χ3n) is 3.20. The summed E-state index contributed by atoms with van der Waals surface area (Å²) >= 11 is 1.91. The van der Waals surface area contributed by atoms with E-state index < -0.39 is 23.1 Å². The van der Waals surface area contributed by atoms with Crippen molar-refractivity contribution in [1.82, 2.24) is 9.55 Å². The molecule has 0 aliphatic rings. The van der Waals surface area contributed by atoms with Gasteiger partial charge in [-0.15, -0.1) is 0 Å². The minimum absolute atomic E-state index is 0.129. The van der Waals surface area contributed by atoms with Crippen LogP contribution >= 0.6 is 22.6 Å². The zero-order valence-corrected chi connectivity index (χ0v) is 12.8. The molecule has 1 heterocycles. The Morgan fingerprint density at radius 1 is 1.14 bits per heavy atom. The Labute approximate surface area is 130 Å². The molecule has 1 aromatic heterocycles. The normalized spacial score (nSPS) is 11.3. The molecule has 0 saturated heterocycles. The van der Waals surface area contributed by atoms with Crippen molar-refractivity contribution in [2.24, 2.45) is 0 Å². The lowest BCUT2D eigenvalue weighted by atomic mass is 10.2. The number of nitrogens with one attached hydrogen (secondary N) is 1. The first-order valence-corrected chi connectivity index (χ1v) is 7.03. The van der Waals surface area contributed by atoms with Crippen LogP contribution in [0.1, 0.15) is 5.56 Å². The van der Waals surface area contributed by atoms with Gasteiger partial charge in [-0.1, -0.05) is 0 Å². The molecule has 0 atom stereocenters. The second-order valence-corrected chi connectivity index (χ2v) is 5.82. The number of aromatic nitrogens is 2. The lowest BCUT2D eigenvalue weighted by Crippen LogP contribution is -2.16. The zero-order chi connectivity index (χ0) is 15.3. The summed E-state index contributed by atoms with van der Waals surface area (Å²) in [7, 11) is 0. The van der Waals surface area contributed by atoms with Gasteiger partial charge in [-0.2, -0.15) is 0 Å². The molecule has 0 spiro atoms. The highest BCUT2D eigenvalue weighted by atomic mass is 127. The summed E-state index contributed by atoms with van der Waals surface area (Å²) in [6, 6.07) is 5.13. The fourth-order valence-electron chi connectivity index (χ4n) is 2.26. The first-order valence-electron chi connectivity index (χ1n) is 5.95. The van der Waals surface area contributed by atoms with E-state index in [2.05, 4.69) is 4.98 Å². The van der Waals surface area contributed by atoms with Gasteiger partial charge in [-0.25, -0.2) is 18.0 Å². The summed E-state index contributed by atoms with van der Waals surface area (Å²) in [6.07, 6.45) is 0. The fraction of sp³-hybridized carbons (Fsp3) is 0.0714. The van der Waals surface area contributed by atoms with Crippen molar-refractivity contribution in [2.75, 3.05) is 0 Å². The molecule has 3 rings (SSSR count). The van der Waals surface area contributed by atoms with Gasteiger partial charge in [0, 0.05) is 3.57 Å². The second kappa shape index (κ2) is 4.90. The van der Waals surface area contributed by atoms with Crippen LogP contribution in [-0.2, 0) is 0 Å². The van der Waals surface area contributed by atoms with Crippen LogP contribution in [0.15, 0.2) is 29.1 Å². The van der Waals surface area contributed by atoms with Crippen molar-refractivity contribution < 1.29 is 13.2 Å². The van der Waals surface area contributed by atoms with E-state index in [1.54, 1.807) is 6.07 Å². The summed E-state index contributed by atoms with van der Waals surface area (Å²) in [6.45, 7) is 1.54. The highest BCUT2D eigenvalue weighted by molar-refractivity contribution is 14.1. The topological polar surface area (TPSA) is 37.8 Å². The Balaban J connectivity index is 2.48. The fourth-order valence-corrected chi connectivity index (χ4v) is 2.71. The molecular formula is C14H8F3IN2O. The minimum atomic E-state index is -1.19. The molecule has 0 saturated carbocycles. The molecule has 0 aliphatic carbocycles. The van der Waals surface area contributed by atoms with Gasteiger partial charge in [0.25, 0.3) is 0 Å². The Morgan fingerprint density at radius 3 is 2.52 bits per heavy atom. The van der Waals surface area contributed by atoms with Crippen LogP contribution in [0.5, 0.6) is 0 Å². The number of rotatable bonds is 1. The number of H-pyrrole nitrogens is 1. The van der Waals surface area contributed by atoms with Gasteiger partial charge in [-0.05, 0) is 59.3 Å². The molecular weight excluding hydrogens is 396 g/mol. The van der Waals surface area contributed by atoms with E-state index in [4.69, 9.17) is 0 Å². The van der Waals surface area contributed by atoms with E-state index in [0.29, 0.717) is 9.13 Å². The van der Waals surface area contributed by atoms with E-state index >= 15 is 0 Å². The maximum atomic E-state index is 14.1. The lowest BCUT2D eigenvalue weighted by molar-refractivity contribution is 0.513. The average Bonchev–Trinajstić information content (AvgIpc) is 2.75. The first kappa shape index (κ1) is 14.2. The van der Waals surface area contributed by atoms with Gasteiger partial charge in [0.2, 0.25) is 0 Å². The molecule has 0 unspecified atom stereocenters. The molecule has 0 radical (unpaired) electrons. The molecule has 108 valence electrons. The Bertz CT molecular complexity index is 930. The van der Waals surface area contributed by atoms with E-state index in [0.717, 1.165) is 10.6 Å². The number of nitrogens with zero attached hydrogens (tertiary/aromatic N) is 1. The maximum Gasteiger partial charge on any atom is 0.331 e. The molecule has 7 heteroatoms. The molecule has 0 aliphatic heterocycles. The molecule has 2 aromatic carbocycles. The average molecular weight is 404 g/mol. The van der Waals surface area contributed by atoms with E-state index in [1.807, 2.05) is 22.6 Å². The maximum absolute atomic E-state index is 14.1. The minimum Gasteiger partial charge on any atom is -0.305 e. The molecule has 1 N–H and O–H groups in total. The number of halogens is 4.